The van der Waals surface area contributed by atoms with E-state index in [0.29, 0.717) is 18.5 Å². The molecule has 0 saturated carbocycles. The first kappa shape index (κ1) is 21.4. The first-order valence-corrected chi connectivity index (χ1v) is 10.4. The first-order valence-electron chi connectivity index (χ1n) is 10.4. The van der Waals surface area contributed by atoms with E-state index in [1.165, 1.54) is 0 Å². The molecule has 2 N–H and O–H groups in total. The Bertz CT molecular complexity index is 1170. The molecule has 1 aliphatic heterocycles. The van der Waals surface area contributed by atoms with E-state index in [9.17, 15) is 14.4 Å². The third-order valence-electron chi connectivity index (χ3n) is 5.80. The lowest BCUT2D eigenvalue weighted by atomic mass is 9.88. The third-order valence-corrected chi connectivity index (χ3v) is 5.80. The molecule has 0 aromatic heterocycles. The van der Waals surface area contributed by atoms with Gasteiger partial charge >= 0.3 is 6.03 Å². The van der Waals surface area contributed by atoms with Crippen molar-refractivity contribution in [1.29, 1.82) is 0 Å². The zero-order valence-electron chi connectivity index (χ0n) is 18.1. The molecule has 0 radical (unpaired) electrons. The Balaban J connectivity index is 1.41. The van der Waals surface area contributed by atoms with Gasteiger partial charge in [-0.15, -0.1) is 0 Å². The number of rotatable bonds is 7. The van der Waals surface area contributed by atoms with E-state index < -0.39 is 17.5 Å². The summed E-state index contributed by atoms with van der Waals surface area (Å²) < 4.78 is 5.13. The minimum atomic E-state index is -1.23. The van der Waals surface area contributed by atoms with E-state index in [4.69, 9.17) is 4.74 Å². The average Bonchev–Trinajstić information content (AvgIpc) is 3.02. The van der Waals surface area contributed by atoms with Crippen LogP contribution in [0.4, 0.5) is 4.79 Å². The molecule has 4 rings (SSSR count). The molecule has 1 fully saturated rings. The summed E-state index contributed by atoms with van der Waals surface area (Å²) in [6.45, 7) is 1.75. The molecule has 1 atom stereocenters. The second-order valence-electron chi connectivity index (χ2n) is 7.92. The van der Waals surface area contributed by atoms with Gasteiger partial charge in [0.05, 0.1) is 7.11 Å². The molecule has 1 heterocycles. The van der Waals surface area contributed by atoms with E-state index in [-0.39, 0.29) is 12.5 Å². The minimum Gasteiger partial charge on any atom is -0.497 e. The zero-order valence-corrected chi connectivity index (χ0v) is 18.1. The van der Waals surface area contributed by atoms with Gasteiger partial charge in [-0.05, 0) is 47.4 Å². The summed E-state index contributed by atoms with van der Waals surface area (Å²) in [5.74, 6) is -0.0565. The lowest BCUT2D eigenvalue weighted by Gasteiger charge is -2.24. The Morgan fingerprint density at radius 3 is 2.50 bits per heavy atom. The van der Waals surface area contributed by atoms with Crippen molar-refractivity contribution in [3.63, 3.8) is 0 Å². The molecular formula is C25H25N3O4. The lowest BCUT2D eigenvalue weighted by Crippen LogP contribution is -2.43. The van der Waals surface area contributed by atoms with Crippen LogP contribution in [-0.4, -0.2) is 42.9 Å². The number of hydrogen-bond donors (Lipinski definition) is 2. The molecule has 7 heteroatoms. The molecule has 7 nitrogen and oxygen atoms in total. The van der Waals surface area contributed by atoms with Crippen LogP contribution in [-0.2, 0) is 21.5 Å². The fourth-order valence-corrected chi connectivity index (χ4v) is 4.02. The average molecular weight is 431 g/mol. The fraction of sp³-hybridized carbons (Fsp3) is 0.240. The predicted molar refractivity (Wildman–Crippen MR) is 121 cm³/mol. The monoisotopic (exact) mass is 431 g/mol. The molecule has 1 aliphatic rings. The van der Waals surface area contributed by atoms with Gasteiger partial charge in [0.2, 0.25) is 5.91 Å². The van der Waals surface area contributed by atoms with E-state index >= 15 is 0 Å². The van der Waals surface area contributed by atoms with Crippen LogP contribution in [0.1, 0.15) is 18.1 Å². The maximum absolute atomic E-state index is 13.2. The van der Waals surface area contributed by atoms with Crippen LogP contribution in [0.15, 0.2) is 66.7 Å². The minimum absolute atomic E-state index is 0.326. The van der Waals surface area contributed by atoms with Gasteiger partial charge in [0, 0.05) is 6.54 Å². The van der Waals surface area contributed by atoms with Gasteiger partial charge < -0.3 is 15.4 Å². The zero-order chi connectivity index (χ0) is 22.7. The van der Waals surface area contributed by atoms with Crippen molar-refractivity contribution in [1.82, 2.24) is 15.5 Å². The number of urea groups is 1. The molecule has 1 saturated heterocycles. The van der Waals surface area contributed by atoms with Crippen LogP contribution in [0.25, 0.3) is 10.8 Å². The van der Waals surface area contributed by atoms with Crippen molar-refractivity contribution in [2.24, 2.45) is 0 Å². The van der Waals surface area contributed by atoms with E-state index in [0.717, 1.165) is 27.0 Å². The number of amides is 4. The van der Waals surface area contributed by atoms with Crippen LogP contribution in [0, 0.1) is 0 Å². The Labute approximate surface area is 186 Å². The Hall–Kier alpha value is -3.87. The number of methoxy groups -OCH3 is 1. The van der Waals surface area contributed by atoms with Gasteiger partial charge in [-0.3, -0.25) is 14.5 Å². The molecule has 0 aliphatic carbocycles. The van der Waals surface area contributed by atoms with Gasteiger partial charge in [0.25, 0.3) is 5.91 Å². The Morgan fingerprint density at radius 2 is 1.75 bits per heavy atom. The summed E-state index contributed by atoms with van der Waals surface area (Å²) >= 11 is 0. The van der Waals surface area contributed by atoms with Gasteiger partial charge in [-0.25, -0.2) is 4.79 Å². The summed E-state index contributed by atoms with van der Waals surface area (Å²) in [7, 11) is 1.61. The summed E-state index contributed by atoms with van der Waals surface area (Å²) in [4.78, 5) is 39.2. The topological polar surface area (TPSA) is 87.7 Å². The first-order chi connectivity index (χ1) is 15.4. The van der Waals surface area contributed by atoms with Crippen LogP contribution >= 0.6 is 0 Å². The molecule has 0 unspecified atom stereocenters. The molecule has 0 spiro atoms. The number of carbonyl (C=O) groups excluding carboxylic acids is 3. The van der Waals surface area contributed by atoms with Crippen molar-refractivity contribution in [2.75, 3.05) is 20.2 Å². The number of nitrogens with zero attached hydrogens (tertiary/aromatic N) is 1. The van der Waals surface area contributed by atoms with E-state index in [2.05, 4.69) is 10.6 Å². The largest absolute Gasteiger partial charge is 0.497 e. The molecule has 32 heavy (non-hydrogen) atoms. The van der Waals surface area contributed by atoms with Crippen molar-refractivity contribution in [2.45, 2.75) is 18.9 Å². The molecule has 3 aromatic rings. The maximum Gasteiger partial charge on any atom is 0.325 e. The quantitative estimate of drug-likeness (QED) is 0.563. The van der Waals surface area contributed by atoms with Crippen molar-refractivity contribution in [3.05, 3.63) is 77.9 Å². The summed E-state index contributed by atoms with van der Waals surface area (Å²) in [6, 6.07) is 20.3. The highest BCUT2D eigenvalue weighted by Crippen LogP contribution is 2.33. The van der Waals surface area contributed by atoms with E-state index in [1.54, 1.807) is 14.0 Å². The number of nitrogens with one attached hydrogen (secondary N) is 2. The number of hydrogen-bond acceptors (Lipinski definition) is 4. The second-order valence-corrected chi connectivity index (χ2v) is 7.92. The smallest absolute Gasteiger partial charge is 0.325 e. The van der Waals surface area contributed by atoms with Gasteiger partial charge in [0.15, 0.2) is 0 Å². The normalized spacial score (nSPS) is 18.0. The summed E-state index contributed by atoms with van der Waals surface area (Å²) in [5.41, 5.74) is 0.516. The molecular weight excluding hydrogens is 406 g/mol. The molecule has 0 bridgehead atoms. The predicted octanol–water partition coefficient (Wildman–Crippen LogP) is 2.97. The number of carbonyl (C=O) groups is 3. The van der Waals surface area contributed by atoms with Crippen LogP contribution in [0.5, 0.6) is 5.75 Å². The molecule has 4 amide bonds. The highest BCUT2D eigenvalue weighted by atomic mass is 16.5. The summed E-state index contributed by atoms with van der Waals surface area (Å²) in [6.07, 6.45) is 0.629. The van der Waals surface area contributed by atoms with Gasteiger partial charge in [-0.2, -0.15) is 0 Å². The standard InChI is InChI=1S/C25H25N3O4/c1-25(21-9-5-7-18-6-3-4-8-20(18)21)23(30)28(24(31)27-25)16-22(29)26-15-14-17-10-12-19(32-2)13-11-17/h3-13H,14-16H2,1-2H3,(H,26,29)(H,27,31)/t25-/m0/s1. The van der Waals surface area contributed by atoms with Crippen LogP contribution < -0.4 is 15.4 Å². The maximum atomic E-state index is 13.2. The number of fused-ring (bicyclic) bond motifs is 1. The van der Waals surface area contributed by atoms with Crippen molar-refractivity contribution < 1.29 is 19.1 Å². The Kier molecular flexibility index (Phi) is 5.81. The SMILES string of the molecule is COc1ccc(CCNC(=O)CN2C(=O)N[C@@](C)(c3cccc4ccccc34)C2=O)cc1. The number of benzene rings is 3. The highest BCUT2D eigenvalue weighted by molar-refractivity contribution is 6.10. The summed E-state index contributed by atoms with van der Waals surface area (Å²) in [5, 5.41) is 7.42. The van der Waals surface area contributed by atoms with Crippen LogP contribution in [0.3, 0.4) is 0 Å². The van der Waals surface area contributed by atoms with Gasteiger partial charge in [-0.1, -0.05) is 54.6 Å². The lowest BCUT2D eigenvalue weighted by molar-refractivity contribution is -0.134. The number of imide groups is 1. The fourth-order valence-electron chi connectivity index (χ4n) is 4.02. The van der Waals surface area contributed by atoms with Gasteiger partial charge in [0.1, 0.15) is 17.8 Å². The molecule has 3 aromatic carbocycles. The molecule has 164 valence electrons. The van der Waals surface area contributed by atoms with Crippen molar-refractivity contribution >= 4 is 28.6 Å². The Morgan fingerprint density at radius 1 is 1.03 bits per heavy atom. The van der Waals surface area contributed by atoms with E-state index in [1.807, 2.05) is 66.7 Å². The van der Waals surface area contributed by atoms with Crippen LogP contribution in [0.2, 0.25) is 0 Å². The second kappa shape index (κ2) is 8.70. The highest BCUT2D eigenvalue weighted by Gasteiger charge is 2.50. The third kappa shape index (κ3) is 4.01. The van der Waals surface area contributed by atoms with Crippen molar-refractivity contribution in [3.8, 4) is 5.75 Å². The number of ether oxygens (including phenoxy) is 1.